The summed E-state index contributed by atoms with van der Waals surface area (Å²) in [5.74, 6) is -4.40. The molecule has 0 fully saturated rings. The van der Waals surface area contributed by atoms with Crippen LogP contribution in [-0.4, -0.2) is 29.6 Å². The van der Waals surface area contributed by atoms with Gasteiger partial charge in [0.25, 0.3) is 0 Å². The number of aliphatic hydroxyl groups is 1. The summed E-state index contributed by atoms with van der Waals surface area (Å²) in [7, 11) is 0. The molecule has 3 N–H and O–H groups in total. The van der Waals surface area contributed by atoms with Gasteiger partial charge in [0.1, 0.15) is 6.54 Å². The van der Waals surface area contributed by atoms with Gasteiger partial charge in [0, 0.05) is 12.2 Å². The van der Waals surface area contributed by atoms with Gasteiger partial charge in [0.05, 0.1) is 0 Å². The molecular formula is C8H11NO5. The van der Waals surface area contributed by atoms with Crippen LogP contribution in [0.2, 0.25) is 0 Å². The largest absolute Gasteiger partial charge is 0.394 e. The van der Waals surface area contributed by atoms with E-state index >= 15 is 0 Å². The molecule has 0 aromatic carbocycles. The maximum atomic E-state index is 10.7. The van der Waals surface area contributed by atoms with Gasteiger partial charge in [0.2, 0.25) is 0 Å². The van der Waals surface area contributed by atoms with E-state index in [1.54, 1.807) is 0 Å². The van der Waals surface area contributed by atoms with E-state index in [-0.39, 0.29) is 0 Å². The van der Waals surface area contributed by atoms with Crippen molar-refractivity contribution in [1.82, 2.24) is 0 Å². The molecule has 0 heterocycles. The quantitative estimate of drug-likeness (QED) is 0.338. The van der Waals surface area contributed by atoms with Crippen LogP contribution in [0, 0.1) is 0 Å². The molecular weight excluding hydrogens is 190 g/mol. The molecule has 6 nitrogen and oxygen atoms in total. The second kappa shape index (κ2) is 5.15. The standard InChI is InChI=1S/C8H11NO5/c1-3-6(10)13-8(12,5-9)14-7(11)4-2/h3-4,12H,1-2,5,9H2. The molecule has 0 saturated heterocycles. The summed E-state index contributed by atoms with van der Waals surface area (Å²) < 4.78 is 8.58. The van der Waals surface area contributed by atoms with Gasteiger partial charge in [0.15, 0.2) is 0 Å². The number of rotatable bonds is 5. The predicted molar refractivity (Wildman–Crippen MR) is 46.6 cm³/mol. The SMILES string of the molecule is C=CC(=O)OC(O)(CN)OC(=O)C=C. The first-order valence-corrected chi connectivity index (χ1v) is 3.60. The van der Waals surface area contributed by atoms with Gasteiger partial charge in [-0.1, -0.05) is 13.2 Å². The molecule has 14 heavy (non-hydrogen) atoms. The van der Waals surface area contributed by atoms with Gasteiger partial charge in [-0.05, 0) is 0 Å². The highest BCUT2D eigenvalue weighted by Crippen LogP contribution is 2.08. The molecule has 0 unspecified atom stereocenters. The minimum Gasteiger partial charge on any atom is -0.394 e. The lowest BCUT2D eigenvalue weighted by molar-refractivity contribution is -0.314. The zero-order valence-electron chi connectivity index (χ0n) is 7.43. The summed E-state index contributed by atoms with van der Waals surface area (Å²) in [4.78, 5) is 21.4. The zero-order chi connectivity index (χ0) is 11.2. The Morgan fingerprint density at radius 1 is 1.29 bits per heavy atom. The molecule has 0 aliphatic heterocycles. The fraction of sp³-hybridized carbons (Fsp3) is 0.250. The average molecular weight is 201 g/mol. The zero-order valence-corrected chi connectivity index (χ0v) is 7.43. The topological polar surface area (TPSA) is 98.8 Å². The summed E-state index contributed by atoms with van der Waals surface area (Å²) >= 11 is 0. The van der Waals surface area contributed by atoms with Gasteiger partial charge >= 0.3 is 17.9 Å². The van der Waals surface area contributed by atoms with Crippen LogP contribution in [0.5, 0.6) is 0 Å². The minimum absolute atomic E-state index is 0.591. The molecule has 78 valence electrons. The highest BCUT2D eigenvalue weighted by Gasteiger charge is 2.33. The molecule has 0 spiro atoms. The number of carbonyl (C=O) groups is 2. The van der Waals surface area contributed by atoms with Crippen LogP contribution in [0.15, 0.2) is 25.3 Å². The Labute approximate surface area is 80.6 Å². The van der Waals surface area contributed by atoms with E-state index in [0.29, 0.717) is 0 Å². The summed E-state index contributed by atoms with van der Waals surface area (Å²) in [6, 6.07) is 0. The van der Waals surface area contributed by atoms with Crippen LogP contribution >= 0.6 is 0 Å². The Bertz CT molecular complexity index is 238. The van der Waals surface area contributed by atoms with Crippen LogP contribution in [0.3, 0.4) is 0 Å². The number of ether oxygens (including phenoxy) is 2. The maximum absolute atomic E-state index is 10.7. The van der Waals surface area contributed by atoms with Gasteiger partial charge in [-0.15, -0.1) is 0 Å². The highest BCUT2D eigenvalue weighted by atomic mass is 16.8. The number of hydrogen-bond donors (Lipinski definition) is 2. The normalized spacial score (nSPS) is 10.1. The van der Waals surface area contributed by atoms with E-state index < -0.39 is 24.5 Å². The lowest BCUT2D eigenvalue weighted by Crippen LogP contribution is -2.46. The smallest absolute Gasteiger partial charge is 0.386 e. The minimum atomic E-state index is -2.48. The Balaban J connectivity index is 4.45. The van der Waals surface area contributed by atoms with Crippen molar-refractivity contribution in [2.45, 2.75) is 5.97 Å². The van der Waals surface area contributed by atoms with Crippen molar-refractivity contribution in [3.05, 3.63) is 25.3 Å². The molecule has 0 aromatic heterocycles. The van der Waals surface area contributed by atoms with Crippen LogP contribution in [-0.2, 0) is 19.1 Å². The molecule has 0 aromatic rings. The van der Waals surface area contributed by atoms with Crippen LogP contribution in [0.1, 0.15) is 0 Å². The molecule has 0 amide bonds. The second-order valence-corrected chi connectivity index (χ2v) is 2.17. The first-order valence-electron chi connectivity index (χ1n) is 3.60. The van der Waals surface area contributed by atoms with Crippen molar-refractivity contribution in [3.8, 4) is 0 Å². The second-order valence-electron chi connectivity index (χ2n) is 2.17. The van der Waals surface area contributed by atoms with Crippen molar-refractivity contribution >= 4 is 11.9 Å². The van der Waals surface area contributed by atoms with E-state index in [2.05, 4.69) is 22.6 Å². The average Bonchev–Trinajstić information content (AvgIpc) is 2.17. The number of hydrogen-bond acceptors (Lipinski definition) is 6. The molecule has 0 rings (SSSR count). The molecule has 0 aliphatic carbocycles. The highest BCUT2D eigenvalue weighted by molar-refractivity contribution is 5.83. The predicted octanol–water partition coefficient (Wildman–Crippen LogP) is -0.950. The Kier molecular flexibility index (Phi) is 4.54. The lowest BCUT2D eigenvalue weighted by atomic mass is 10.5. The number of nitrogens with two attached hydrogens (primary N) is 1. The van der Waals surface area contributed by atoms with Gasteiger partial charge in [-0.25, -0.2) is 9.59 Å². The van der Waals surface area contributed by atoms with E-state index in [0.717, 1.165) is 12.2 Å². The summed E-state index contributed by atoms with van der Waals surface area (Å²) in [6.07, 6.45) is 1.59. The Hall–Kier alpha value is -1.66. The fourth-order valence-electron chi connectivity index (χ4n) is 0.502. The molecule has 0 atom stereocenters. The van der Waals surface area contributed by atoms with Crippen molar-refractivity contribution in [3.63, 3.8) is 0 Å². The summed E-state index contributed by atoms with van der Waals surface area (Å²) in [5.41, 5.74) is 5.04. The molecule has 0 bridgehead atoms. The van der Waals surface area contributed by atoms with Crippen molar-refractivity contribution in [2.24, 2.45) is 5.73 Å². The van der Waals surface area contributed by atoms with Gasteiger partial charge < -0.3 is 20.3 Å². The lowest BCUT2D eigenvalue weighted by Gasteiger charge is -2.23. The van der Waals surface area contributed by atoms with E-state index in [1.807, 2.05) is 0 Å². The van der Waals surface area contributed by atoms with E-state index in [9.17, 15) is 14.7 Å². The number of carbonyl (C=O) groups excluding carboxylic acids is 2. The summed E-state index contributed by atoms with van der Waals surface area (Å²) in [6.45, 7) is 5.59. The third-order valence-corrected chi connectivity index (χ3v) is 1.11. The molecule has 0 radical (unpaired) electrons. The molecule has 0 aliphatic rings. The van der Waals surface area contributed by atoms with Crippen molar-refractivity contribution < 1.29 is 24.2 Å². The third kappa shape index (κ3) is 3.83. The first-order chi connectivity index (χ1) is 6.47. The van der Waals surface area contributed by atoms with E-state index in [4.69, 9.17) is 5.73 Å². The van der Waals surface area contributed by atoms with Crippen molar-refractivity contribution in [2.75, 3.05) is 6.54 Å². The number of esters is 2. The maximum Gasteiger partial charge on any atom is 0.386 e. The molecule has 0 saturated carbocycles. The van der Waals surface area contributed by atoms with Crippen LogP contribution in [0.25, 0.3) is 0 Å². The molecule has 6 heteroatoms. The van der Waals surface area contributed by atoms with Gasteiger partial charge in [-0.3, -0.25) is 0 Å². The first kappa shape index (κ1) is 12.3. The summed E-state index contributed by atoms with van der Waals surface area (Å²) in [5, 5.41) is 9.32. The Morgan fingerprint density at radius 3 is 1.86 bits per heavy atom. The van der Waals surface area contributed by atoms with Gasteiger partial charge in [-0.2, -0.15) is 0 Å². The van der Waals surface area contributed by atoms with Crippen molar-refractivity contribution in [1.29, 1.82) is 0 Å². The Morgan fingerprint density at radius 2 is 1.64 bits per heavy atom. The fourth-order valence-corrected chi connectivity index (χ4v) is 0.502. The van der Waals surface area contributed by atoms with Crippen LogP contribution < -0.4 is 5.73 Å². The third-order valence-electron chi connectivity index (χ3n) is 1.11. The monoisotopic (exact) mass is 201 g/mol. The van der Waals surface area contributed by atoms with Crippen LogP contribution in [0.4, 0.5) is 0 Å². The van der Waals surface area contributed by atoms with E-state index in [1.165, 1.54) is 0 Å².